The summed E-state index contributed by atoms with van der Waals surface area (Å²) < 4.78 is 0. The second-order valence-corrected chi connectivity index (χ2v) is 7.97. The van der Waals surface area contributed by atoms with Crippen molar-refractivity contribution >= 4 is 22.6 Å². The summed E-state index contributed by atoms with van der Waals surface area (Å²) in [5.74, 6) is -0.810. The van der Waals surface area contributed by atoms with E-state index in [1.54, 1.807) is 24.3 Å². The third kappa shape index (κ3) is 8.05. The molecule has 2 rings (SSSR count). The maximum absolute atomic E-state index is 12.3. The van der Waals surface area contributed by atoms with Crippen molar-refractivity contribution in [2.24, 2.45) is 0 Å². The number of hydrazine groups is 1. The summed E-state index contributed by atoms with van der Waals surface area (Å²) in [4.78, 5) is 24.2. The monoisotopic (exact) mass is 412 g/mol. The Labute approximate surface area is 180 Å². The van der Waals surface area contributed by atoms with Crippen LogP contribution in [0.1, 0.15) is 94.3 Å². The third-order valence-corrected chi connectivity index (χ3v) is 5.47. The van der Waals surface area contributed by atoms with E-state index in [-0.39, 0.29) is 17.2 Å². The van der Waals surface area contributed by atoms with Crippen molar-refractivity contribution in [3.8, 4) is 5.75 Å². The van der Waals surface area contributed by atoms with E-state index in [0.717, 1.165) is 24.6 Å². The molecule has 0 atom stereocenters. The Morgan fingerprint density at radius 2 is 1.37 bits per heavy atom. The molecule has 164 valence electrons. The Morgan fingerprint density at radius 3 is 2.03 bits per heavy atom. The molecule has 0 aliphatic heterocycles. The standard InChI is InChI=1S/C25H36N2O3/c1-2-3-4-5-6-7-8-9-10-11-12-17-23(28)26-27-25(30)22-19-18-20-15-13-14-16-21(20)24(22)29/h13-16,18-19,29H,2-12,17H2,1H3,(H,26,28)(H,27,30). The molecule has 0 unspecified atom stereocenters. The first kappa shape index (κ1) is 23.7. The maximum Gasteiger partial charge on any atom is 0.273 e. The number of phenolic OH excluding ortho intramolecular Hbond substituents is 1. The smallest absolute Gasteiger partial charge is 0.273 e. The molecule has 0 saturated heterocycles. The summed E-state index contributed by atoms with van der Waals surface area (Å²) in [6.45, 7) is 2.24. The van der Waals surface area contributed by atoms with E-state index in [2.05, 4.69) is 17.8 Å². The van der Waals surface area contributed by atoms with E-state index in [4.69, 9.17) is 0 Å². The van der Waals surface area contributed by atoms with Gasteiger partial charge in [0.1, 0.15) is 5.75 Å². The van der Waals surface area contributed by atoms with Crippen LogP contribution in [0, 0.1) is 0 Å². The lowest BCUT2D eigenvalue weighted by Crippen LogP contribution is -2.41. The van der Waals surface area contributed by atoms with E-state index in [1.807, 2.05) is 12.1 Å². The number of aromatic hydroxyl groups is 1. The third-order valence-electron chi connectivity index (χ3n) is 5.47. The van der Waals surface area contributed by atoms with Crippen molar-refractivity contribution < 1.29 is 14.7 Å². The molecule has 2 aromatic carbocycles. The minimum atomic E-state index is -0.523. The molecule has 0 radical (unpaired) electrons. The van der Waals surface area contributed by atoms with Crippen molar-refractivity contribution in [1.82, 2.24) is 10.9 Å². The lowest BCUT2D eigenvalue weighted by atomic mass is 10.1. The summed E-state index contributed by atoms with van der Waals surface area (Å²) in [7, 11) is 0. The van der Waals surface area contributed by atoms with Gasteiger partial charge < -0.3 is 5.11 Å². The van der Waals surface area contributed by atoms with Gasteiger partial charge in [0.25, 0.3) is 5.91 Å². The van der Waals surface area contributed by atoms with Gasteiger partial charge in [0.05, 0.1) is 5.56 Å². The van der Waals surface area contributed by atoms with Crippen molar-refractivity contribution in [2.75, 3.05) is 0 Å². The number of benzene rings is 2. The number of hydrogen-bond acceptors (Lipinski definition) is 3. The van der Waals surface area contributed by atoms with Gasteiger partial charge in [-0.05, 0) is 17.9 Å². The Morgan fingerprint density at radius 1 is 0.767 bits per heavy atom. The zero-order chi connectivity index (χ0) is 21.6. The van der Waals surface area contributed by atoms with Crippen molar-refractivity contribution in [1.29, 1.82) is 0 Å². The topological polar surface area (TPSA) is 78.4 Å². The van der Waals surface area contributed by atoms with Gasteiger partial charge in [-0.1, -0.05) is 101 Å². The van der Waals surface area contributed by atoms with Gasteiger partial charge >= 0.3 is 0 Å². The zero-order valence-electron chi connectivity index (χ0n) is 18.2. The van der Waals surface area contributed by atoms with Crippen LogP contribution in [0.15, 0.2) is 36.4 Å². The van der Waals surface area contributed by atoms with Crippen LogP contribution >= 0.6 is 0 Å². The maximum atomic E-state index is 12.3. The predicted molar refractivity (Wildman–Crippen MR) is 122 cm³/mol. The number of rotatable bonds is 13. The minimum Gasteiger partial charge on any atom is -0.506 e. The van der Waals surface area contributed by atoms with Crippen molar-refractivity contribution in [2.45, 2.75) is 84.0 Å². The first-order valence-corrected chi connectivity index (χ1v) is 11.4. The minimum absolute atomic E-state index is 0.0785. The summed E-state index contributed by atoms with van der Waals surface area (Å²) >= 11 is 0. The highest BCUT2D eigenvalue weighted by atomic mass is 16.3. The highest BCUT2D eigenvalue weighted by Gasteiger charge is 2.14. The average molecular weight is 413 g/mol. The van der Waals surface area contributed by atoms with Crippen LogP contribution in [0.5, 0.6) is 5.75 Å². The van der Waals surface area contributed by atoms with Gasteiger partial charge in [-0.25, -0.2) is 0 Å². The molecule has 5 heteroatoms. The fourth-order valence-electron chi connectivity index (χ4n) is 3.64. The Balaban J connectivity index is 1.57. The second-order valence-electron chi connectivity index (χ2n) is 7.97. The van der Waals surface area contributed by atoms with Gasteiger partial charge in [-0.15, -0.1) is 0 Å². The number of hydrogen-bond donors (Lipinski definition) is 3. The normalized spacial score (nSPS) is 10.8. The van der Waals surface area contributed by atoms with Gasteiger partial charge in [0.2, 0.25) is 5.91 Å². The fraction of sp³-hybridized carbons (Fsp3) is 0.520. The van der Waals surface area contributed by atoms with Gasteiger partial charge in [0, 0.05) is 11.8 Å². The molecule has 2 amide bonds. The van der Waals surface area contributed by atoms with Gasteiger partial charge in [0.15, 0.2) is 0 Å². The van der Waals surface area contributed by atoms with Crippen molar-refractivity contribution in [3.63, 3.8) is 0 Å². The Hall–Kier alpha value is -2.56. The van der Waals surface area contributed by atoms with E-state index in [1.165, 1.54) is 51.4 Å². The Kier molecular flexibility index (Phi) is 10.8. The Bertz CT molecular complexity index is 804. The van der Waals surface area contributed by atoms with Crippen LogP contribution in [-0.2, 0) is 4.79 Å². The molecule has 0 aliphatic carbocycles. The summed E-state index contributed by atoms with van der Waals surface area (Å²) in [5, 5.41) is 11.8. The van der Waals surface area contributed by atoms with Crippen LogP contribution in [0.4, 0.5) is 0 Å². The number of carbonyl (C=O) groups excluding carboxylic acids is 2. The molecule has 30 heavy (non-hydrogen) atoms. The number of amides is 2. The second kappa shape index (κ2) is 13.6. The molecule has 0 aromatic heterocycles. The molecule has 0 aliphatic rings. The number of fused-ring (bicyclic) bond motifs is 1. The molecule has 0 spiro atoms. The molecule has 0 fully saturated rings. The number of carbonyl (C=O) groups is 2. The molecular formula is C25H36N2O3. The quantitative estimate of drug-likeness (QED) is 0.278. The molecule has 0 saturated carbocycles. The average Bonchev–Trinajstić information content (AvgIpc) is 2.76. The molecule has 0 bridgehead atoms. The highest BCUT2D eigenvalue weighted by Crippen LogP contribution is 2.28. The van der Waals surface area contributed by atoms with Crippen molar-refractivity contribution in [3.05, 3.63) is 42.0 Å². The lowest BCUT2D eigenvalue weighted by Gasteiger charge is -2.10. The summed E-state index contributed by atoms with van der Waals surface area (Å²) in [6, 6.07) is 10.6. The van der Waals surface area contributed by atoms with Gasteiger partial charge in [-0.2, -0.15) is 0 Å². The fourth-order valence-corrected chi connectivity index (χ4v) is 3.64. The highest BCUT2D eigenvalue weighted by molar-refractivity contribution is 6.03. The predicted octanol–water partition coefficient (Wildman–Crippen LogP) is 6.01. The largest absolute Gasteiger partial charge is 0.506 e. The number of unbranched alkanes of at least 4 members (excludes halogenated alkanes) is 10. The zero-order valence-corrected chi connectivity index (χ0v) is 18.2. The van der Waals surface area contributed by atoms with Crippen LogP contribution in [0.2, 0.25) is 0 Å². The molecular weight excluding hydrogens is 376 g/mol. The van der Waals surface area contributed by atoms with E-state index in [0.29, 0.717) is 11.8 Å². The van der Waals surface area contributed by atoms with E-state index < -0.39 is 5.91 Å². The van der Waals surface area contributed by atoms with E-state index >= 15 is 0 Å². The van der Waals surface area contributed by atoms with E-state index in [9.17, 15) is 14.7 Å². The molecule has 2 aromatic rings. The first-order chi connectivity index (χ1) is 14.6. The summed E-state index contributed by atoms with van der Waals surface area (Å²) in [6.07, 6.45) is 13.9. The van der Waals surface area contributed by atoms with Crippen LogP contribution in [-0.4, -0.2) is 16.9 Å². The first-order valence-electron chi connectivity index (χ1n) is 11.4. The molecule has 3 N–H and O–H groups in total. The van der Waals surface area contributed by atoms with Crippen LogP contribution < -0.4 is 10.9 Å². The van der Waals surface area contributed by atoms with Crippen LogP contribution in [0.3, 0.4) is 0 Å². The molecule has 0 heterocycles. The SMILES string of the molecule is CCCCCCCCCCCCCC(=O)NNC(=O)c1ccc2ccccc2c1O. The van der Waals surface area contributed by atoms with Gasteiger partial charge in [-0.3, -0.25) is 20.4 Å². The lowest BCUT2D eigenvalue weighted by molar-refractivity contribution is -0.122. The molecule has 5 nitrogen and oxygen atoms in total. The summed E-state index contributed by atoms with van der Waals surface area (Å²) in [5.41, 5.74) is 4.98. The number of nitrogens with one attached hydrogen (secondary N) is 2. The van der Waals surface area contributed by atoms with Crippen LogP contribution in [0.25, 0.3) is 10.8 Å². The number of phenols is 1.